The molecule has 3 atom stereocenters. The van der Waals surface area contributed by atoms with Crippen LogP contribution in [0.3, 0.4) is 0 Å². The van der Waals surface area contributed by atoms with Gasteiger partial charge < -0.3 is 10.2 Å². The van der Waals surface area contributed by atoms with Gasteiger partial charge in [-0.25, -0.2) is 4.98 Å². The van der Waals surface area contributed by atoms with Crippen molar-refractivity contribution in [2.24, 2.45) is 5.92 Å². The zero-order chi connectivity index (χ0) is 22.7. The number of hydrogen-bond acceptors (Lipinski definition) is 3. The number of nitrogens with one attached hydrogen (secondary N) is 1. The standard InChI is InChI=1S/C25H25ClF3N3/c1-32(24-12-9-19(14-31-24)25(27,28)29)23(13-17-5-3-2-4-6-17)22-16-30-15-21(22)18-7-10-20(26)11-8-18/h2-12,14,21-23,30H,13,15-16H2,1H3/t21-,22+,23?/m1/s1. The lowest BCUT2D eigenvalue weighted by molar-refractivity contribution is -0.137. The predicted octanol–water partition coefficient (Wildman–Crippen LogP) is 5.80. The van der Waals surface area contributed by atoms with Crippen LogP contribution in [0, 0.1) is 5.92 Å². The summed E-state index contributed by atoms with van der Waals surface area (Å²) in [6.07, 6.45) is -2.73. The monoisotopic (exact) mass is 459 g/mol. The molecule has 3 aromatic rings. The van der Waals surface area contributed by atoms with Gasteiger partial charge in [-0.1, -0.05) is 54.1 Å². The minimum Gasteiger partial charge on any atom is -0.356 e. The van der Waals surface area contributed by atoms with Crippen LogP contribution in [0.4, 0.5) is 19.0 Å². The third-order valence-corrected chi connectivity index (χ3v) is 6.53. The Kier molecular flexibility index (Phi) is 6.72. The number of hydrogen-bond donors (Lipinski definition) is 1. The second kappa shape index (κ2) is 9.51. The third-order valence-electron chi connectivity index (χ3n) is 6.28. The summed E-state index contributed by atoms with van der Waals surface area (Å²) in [5, 5.41) is 4.21. The summed E-state index contributed by atoms with van der Waals surface area (Å²) in [6.45, 7) is 1.65. The lowest BCUT2D eigenvalue weighted by Gasteiger charge is -2.36. The molecule has 0 spiro atoms. The number of halogens is 4. The van der Waals surface area contributed by atoms with Gasteiger partial charge in [-0.15, -0.1) is 0 Å². The first kappa shape index (κ1) is 22.6. The van der Waals surface area contributed by atoms with E-state index in [-0.39, 0.29) is 17.9 Å². The molecule has 2 aromatic carbocycles. The van der Waals surface area contributed by atoms with Crippen LogP contribution in [0.2, 0.25) is 5.02 Å². The topological polar surface area (TPSA) is 28.2 Å². The van der Waals surface area contributed by atoms with E-state index in [1.54, 1.807) is 0 Å². The van der Waals surface area contributed by atoms with Crippen molar-refractivity contribution in [3.05, 3.63) is 94.6 Å². The van der Waals surface area contributed by atoms with E-state index in [0.29, 0.717) is 10.8 Å². The first-order valence-corrected chi connectivity index (χ1v) is 11.0. The van der Waals surface area contributed by atoms with Crippen molar-refractivity contribution in [3.8, 4) is 0 Å². The molecule has 4 rings (SSSR count). The zero-order valence-corrected chi connectivity index (χ0v) is 18.4. The number of likely N-dealkylation sites (N-methyl/N-ethyl adjacent to an activating group) is 1. The molecule has 1 unspecified atom stereocenters. The largest absolute Gasteiger partial charge is 0.417 e. The summed E-state index contributed by atoms with van der Waals surface area (Å²) in [7, 11) is 1.92. The molecule has 0 amide bonds. The Morgan fingerprint density at radius 1 is 1.03 bits per heavy atom. The summed E-state index contributed by atoms with van der Waals surface area (Å²) < 4.78 is 39.0. The van der Waals surface area contributed by atoms with Gasteiger partial charge in [0.2, 0.25) is 0 Å². The van der Waals surface area contributed by atoms with Crippen molar-refractivity contribution >= 4 is 17.4 Å². The molecular formula is C25H25ClF3N3. The van der Waals surface area contributed by atoms with Crippen LogP contribution < -0.4 is 10.2 Å². The van der Waals surface area contributed by atoms with Crippen LogP contribution in [0.25, 0.3) is 0 Å². The molecule has 1 aliphatic heterocycles. The average Bonchev–Trinajstić information content (AvgIpc) is 3.27. The molecule has 168 valence electrons. The van der Waals surface area contributed by atoms with Gasteiger partial charge in [0.1, 0.15) is 5.82 Å². The summed E-state index contributed by atoms with van der Waals surface area (Å²) in [4.78, 5) is 6.18. The van der Waals surface area contributed by atoms with Crippen LogP contribution in [0.5, 0.6) is 0 Å². The number of pyridine rings is 1. The maximum atomic E-state index is 13.0. The Balaban J connectivity index is 1.65. The van der Waals surface area contributed by atoms with E-state index < -0.39 is 11.7 Å². The summed E-state index contributed by atoms with van der Waals surface area (Å²) in [6, 6.07) is 20.7. The van der Waals surface area contributed by atoms with E-state index in [1.165, 1.54) is 17.2 Å². The SMILES string of the molecule is CN(c1ccc(C(F)(F)F)cn1)C(Cc1ccccc1)[C@H]1CNC[C@@H]1c1ccc(Cl)cc1. The van der Waals surface area contributed by atoms with Crippen molar-refractivity contribution in [2.45, 2.75) is 24.6 Å². The third kappa shape index (κ3) is 5.08. The fourth-order valence-corrected chi connectivity index (χ4v) is 4.67. The summed E-state index contributed by atoms with van der Waals surface area (Å²) in [5.74, 6) is 1.03. The number of benzene rings is 2. The number of rotatable bonds is 6. The van der Waals surface area contributed by atoms with E-state index >= 15 is 0 Å². The van der Waals surface area contributed by atoms with Gasteiger partial charge in [-0.05, 0) is 41.8 Å². The molecular weight excluding hydrogens is 435 g/mol. The fraction of sp³-hybridized carbons (Fsp3) is 0.320. The van der Waals surface area contributed by atoms with Crippen LogP contribution in [-0.2, 0) is 12.6 Å². The summed E-state index contributed by atoms with van der Waals surface area (Å²) >= 11 is 6.09. The van der Waals surface area contributed by atoms with Crippen LogP contribution in [-0.4, -0.2) is 31.2 Å². The number of nitrogens with zero attached hydrogens (tertiary/aromatic N) is 2. The molecule has 7 heteroatoms. The van der Waals surface area contributed by atoms with Crippen LogP contribution in [0.15, 0.2) is 72.9 Å². The normalized spacial score (nSPS) is 19.7. The highest BCUT2D eigenvalue weighted by Gasteiger charge is 2.37. The molecule has 2 heterocycles. The molecule has 1 aromatic heterocycles. The minimum absolute atomic E-state index is 0.0392. The molecule has 3 nitrogen and oxygen atoms in total. The Hall–Kier alpha value is -2.57. The molecule has 32 heavy (non-hydrogen) atoms. The average molecular weight is 460 g/mol. The smallest absolute Gasteiger partial charge is 0.356 e. The molecule has 1 aliphatic rings. The Bertz CT molecular complexity index is 1010. The molecule has 0 saturated carbocycles. The van der Waals surface area contributed by atoms with Gasteiger partial charge in [-0.2, -0.15) is 13.2 Å². The Labute approximate surface area is 191 Å². The van der Waals surface area contributed by atoms with E-state index in [1.807, 2.05) is 42.3 Å². The number of anilines is 1. The highest BCUT2D eigenvalue weighted by atomic mass is 35.5. The fourth-order valence-electron chi connectivity index (χ4n) is 4.54. The van der Waals surface area contributed by atoms with Crippen molar-refractivity contribution < 1.29 is 13.2 Å². The van der Waals surface area contributed by atoms with Gasteiger partial charge in [0, 0.05) is 49.2 Å². The van der Waals surface area contributed by atoms with Crippen molar-refractivity contribution in [2.75, 3.05) is 25.0 Å². The van der Waals surface area contributed by atoms with Gasteiger partial charge in [-0.3, -0.25) is 0 Å². The second-order valence-corrected chi connectivity index (χ2v) is 8.69. The number of alkyl halides is 3. The van der Waals surface area contributed by atoms with E-state index in [9.17, 15) is 13.2 Å². The first-order chi connectivity index (χ1) is 15.3. The van der Waals surface area contributed by atoms with Crippen LogP contribution in [0.1, 0.15) is 22.6 Å². The van der Waals surface area contributed by atoms with Crippen molar-refractivity contribution in [1.29, 1.82) is 0 Å². The molecule has 0 aliphatic carbocycles. The second-order valence-electron chi connectivity index (χ2n) is 8.25. The Morgan fingerprint density at radius 2 is 1.75 bits per heavy atom. The highest BCUT2D eigenvalue weighted by Crippen LogP contribution is 2.36. The molecule has 0 bridgehead atoms. The van der Waals surface area contributed by atoms with Gasteiger partial charge in [0.05, 0.1) is 5.56 Å². The van der Waals surface area contributed by atoms with Crippen molar-refractivity contribution in [1.82, 2.24) is 10.3 Å². The lowest BCUT2D eigenvalue weighted by atomic mass is 9.81. The molecule has 1 fully saturated rings. The van der Waals surface area contributed by atoms with Crippen molar-refractivity contribution in [3.63, 3.8) is 0 Å². The lowest BCUT2D eigenvalue weighted by Crippen LogP contribution is -2.43. The first-order valence-electron chi connectivity index (χ1n) is 10.6. The quantitative estimate of drug-likeness (QED) is 0.504. The van der Waals surface area contributed by atoms with Gasteiger partial charge in [0.15, 0.2) is 0 Å². The van der Waals surface area contributed by atoms with Gasteiger partial charge >= 0.3 is 6.18 Å². The Morgan fingerprint density at radius 3 is 2.38 bits per heavy atom. The zero-order valence-electron chi connectivity index (χ0n) is 17.7. The maximum Gasteiger partial charge on any atom is 0.417 e. The minimum atomic E-state index is -4.40. The van der Waals surface area contributed by atoms with E-state index in [4.69, 9.17) is 11.6 Å². The number of aromatic nitrogens is 1. The molecule has 1 saturated heterocycles. The van der Waals surface area contributed by atoms with Crippen LogP contribution >= 0.6 is 11.6 Å². The van der Waals surface area contributed by atoms with Gasteiger partial charge in [0.25, 0.3) is 0 Å². The maximum absolute atomic E-state index is 13.0. The van der Waals surface area contributed by atoms with E-state index in [0.717, 1.165) is 31.8 Å². The molecule has 1 N–H and O–H groups in total. The van der Waals surface area contributed by atoms with E-state index in [2.05, 4.69) is 34.6 Å². The predicted molar refractivity (Wildman–Crippen MR) is 122 cm³/mol. The summed E-state index contributed by atoms with van der Waals surface area (Å²) in [5.41, 5.74) is 1.64. The molecule has 0 radical (unpaired) electrons. The highest BCUT2D eigenvalue weighted by molar-refractivity contribution is 6.30.